The fourth-order valence-corrected chi connectivity index (χ4v) is 3.36. The maximum Gasteiger partial charge on any atom is 0.336 e. The van der Waals surface area contributed by atoms with Crippen LogP contribution in [0.5, 0.6) is 0 Å². The van der Waals surface area contributed by atoms with Gasteiger partial charge in [-0.3, -0.25) is 14.2 Å². The Bertz CT molecular complexity index is 1370. The van der Waals surface area contributed by atoms with E-state index in [1.165, 1.54) is 28.8 Å². The van der Waals surface area contributed by atoms with Crippen molar-refractivity contribution < 1.29 is 9.18 Å². The standard InChI is InChI=1S/C23H18FN3O3/c1-15-5-4-6-17(13-15)25-21(28)14-26-20-8-3-2-7-19(20)22(29)27(23(26)30)18-11-9-16(24)10-12-18/h2-13H,14H2,1H3,(H,25,28). The van der Waals surface area contributed by atoms with Crippen molar-refractivity contribution >= 4 is 22.5 Å². The summed E-state index contributed by atoms with van der Waals surface area (Å²) in [6.07, 6.45) is 0. The van der Waals surface area contributed by atoms with Crippen molar-refractivity contribution in [1.82, 2.24) is 9.13 Å². The average Bonchev–Trinajstić information content (AvgIpc) is 2.72. The zero-order valence-corrected chi connectivity index (χ0v) is 16.1. The van der Waals surface area contributed by atoms with E-state index in [9.17, 15) is 18.8 Å². The number of rotatable bonds is 4. The summed E-state index contributed by atoms with van der Waals surface area (Å²) >= 11 is 0. The molecule has 1 amide bonds. The van der Waals surface area contributed by atoms with Crippen molar-refractivity contribution in [2.45, 2.75) is 13.5 Å². The van der Waals surface area contributed by atoms with Crippen LogP contribution in [0.25, 0.3) is 16.6 Å². The van der Waals surface area contributed by atoms with E-state index in [4.69, 9.17) is 0 Å². The first-order valence-corrected chi connectivity index (χ1v) is 9.31. The van der Waals surface area contributed by atoms with Crippen LogP contribution in [0.2, 0.25) is 0 Å². The highest BCUT2D eigenvalue weighted by Crippen LogP contribution is 2.12. The number of amides is 1. The van der Waals surface area contributed by atoms with E-state index < -0.39 is 23.0 Å². The summed E-state index contributed by atoms with van der Waals surface area (Å²) in [7, 11) is 0. The number of anilines is 1. The molecule has 0 atom stereocenters. The van der Waals surface area contributed by atoms with Crippen LogP contribution < -0.4 is 16.6 Å². The van der Waals surface area contributed by atoms with Gasteiger partial charge in [-0.25, -0.2) is 13.8 Å². The summed E-state index contributed by atoms with van der Waals surface area (Å²) in [6, 6.07) is 18.9. The number of hydrogen-bond acceptors (Lipinski definition) is 3. The number of nitrogens with zero attached hydrogens (tertiary/aromatic N) is 2. The second kappa shape index (κ2) is 7.79. The molecule has 150 valence electrons. The molecule has 0 saturated carbocycles. The Morgan fingerprint density at radius 2 is 1.70 bits per heavy atom. The van der Waals surface area contributed by atoms with E-state index in [1.807, 2.05) is 25.1 Å². The van der Waals surface area contributed by atoms with Crippen molar-refractivity contribution in [2.24, 2.45) is 0 Å². The number of nitrogens with one attached hydrogen (secondary N) is 1. The van der Waals surface area contributed by atoms with Gasteiger partial charge in [0.2, 0.25) is 5.91 Å². The number of aryl methyl sites for hydroxylation is 1. The normalized spacial score (nSPS) is 10.9. The van der Waals surface area contributed by atoms with E-state index in [2.05, 4.69) is 5.32 Å². The highest BCUT2D eigenvalue weighted by molar-refractivity contribution is 5.91. The Labute approximate surface area is 170 Å². The van der Waals surface area contributed by atoms with Crippen LogP contribution in [0.4, 0.5) is 10.1 Å². The number of hydrogen-bond donors (Lipinski definition) is 1. The zero-order chi connectivity index (χ0) is 21.3. The van der Waals surface area contributed by atoms with Gasteiger partial charge >= 0.3 is 5.69 Å². The molecule has 3 aromatic carbocycles. The van der Waals surface area contributed by atoms with Crippen molar-refractivity contribution in [2.75, 3.05) is 5.32 Å². The van der Waals surface area contributed by atoms with Gasteiger partial charge in [0.1, 0.15) is 12.4 Å². The molecule has 6 nitrogen and oxygen atoms in total. The van der Waals surface area contributed by atoms with Crippen LogP contribution in [0.1, 0.15) is 5.56 Å². The topological polar surface area (TPSA) is 73.1 Å². The summed E-state index contributed by atoms with van der Waals surface area (Å²) in [6.45, 7) is 1.63. The fraction of sp³-hybridized carbons (Fsp3) is 0.0870. The molecule has 0 fully saturated rings. The molecule has 0 bridgehead atoms. The van der Waals surface area contributed by atoms with Crippen LogP contribution in [-0.2, 0) is 11.3 Å². The number of fused-ring (bicyclic) bond motifs is 1. The number of carbonyl (C=O) groups is 1. The molecule has 0 spiro atoms. The Morgan fingerprint density at radius 3 is 2.43 bits per heavy atom. The predicted molar refractivity (Wildman–Crippen MR) is 114 cm³/mol. The largest absolute Gasteiger partial charge is 0.336 e. The van der Waals surface area contributed by atoms with Crippen molar-refractivity contribution in [3.05, 3.63) is 105 Å². The lowest BCUT2D eigenvalue weighted by Gasteiger charge is -2.14. The third kappa shape index (κ3) is 3.65. The lowest BCUT2D eigenvalue weighted by atomic mass is 10.2. The van der Waals surface area contributed by atoms with Gasteiger partial charge in [0, 0.05) is 5.69 Å². The maximum absolute atomic E-state index is 13.3. The van der Waals surface area contributed by atoms with Gasteiger partial charge in [-0.15, -0.1) is 0 Å². The number of carbonyl (C=O) groups excluding carboxylic acids is 1. The summed E-state index contributed by atoms with van der Waals surface area (Å²) < 4.78 is 15.5. The average molecular weight is 403 g/mol. The van der Waals surface area contributed by atoms with Crippen molar-refractivity contribution in [3.8, 4) is 5.69 Å². The Hall–Kier alpha value is -4.00. The molecule has 1 heterocycles. The smallest absolute Gasteiger partial charge is 0.325 e. The van der Waals surface area contributed by atoms with E-state index >= 15 is 0 Å². The Balaban J connectivity index is 1.82. The van der Waals surface area contributed by atoms with Gasteiger partial charge in [0.25, 0.3) is 5.56 Å². The summed E-state index contributed by atoms with van der Waals surface area (Å²) in [4.78, 5) is 38.8. The molecule has 7 heteroatoms. The highest BCUT2D eigenvalue weighted by atomic mass is 19.1. The molecule has 30 heavy (non-hydrogen) atoms. The second-order valence-corrected chi connectivity index (χ2v) is 6.92. The lowest BCUT2D eigenvalue weighted by molar-refractivity contribution is -0.116. The molecule has 1 aromatic heterocycles. The van der Waals surface area contributed by atoms with Crippen LogP contribution in [0, 0.1) is 12.7 Å². The van der Waals surface area contributed by atoms with E-state index in [0.717, 1.165) is 10.1 Å². The molecule has 4 aromatic rings. The van der Waals surface area contributed by atoms with Crippen LogP contribution in [0.15, 0.2) is 82.4 Å². The molecule has 0 aliphatic carbocycles. The molecule has 0 radical (unpaired) electrons. The third-order valence-corrected chi connectivity index (χ3v) is 4.74. The molecular formula is C23H18FN3O3. The van der Waals surface area contributed by atoms with E-state index in [0.29, 0.717) is 11.2 Å². The summed E-state index contributed by atoms with van der Waals surface area (Å²) in [5, 5.41) is 3.05. The van der Waals surface area contributed by atoms with E-state index in [-0.39, 0.29) is 17.6 Å². The van der Waals surface area contributed by atoms with Crippen molar-refractivity contribution in [3.63, 3.8) is 0 Å². The van der Waals surface area contributed by atoms with Gasteiger partial charge in [0.15, 0.2) is 0 Å². The minimum Gasteiger partial charge on any atom is -0.325 e. The molecule has 4 rings (SSSR count). The van der Waals surface area contributed by atoms with Crippen LogP contribution in [-0.4, -0.2) is 15.0 Å². The monoisotopic (exact) mass is 403 g/mol. The first kappa shape index (κ1) is 19.3. The first-order valence-electron chi connectivity index (χ1n) is 9.31. The van der Waals surface area contributed by atoms with Gasteiger partial charge in [-0.05, 0) is 61.0 Å². The Kier molecular flexibility index (Phi) is 5.02. The third-order valence-electron chi connectivity index (χ3n) is 4.74. The molecule has 0 unspecified atom stereocenters. The first-order chi connectivity index (χ1) is 14.4. The molecular weight excluding hydrogens is 385 g/mol. The van der Waals surface area contributed by atoms with Gasteiger partial charge < -0.3 is 5.32 Å². The maximum atomic E-state index is 13.3. The highest BCUT2D eigenvalue weighted by Gasteiger charge is 2.16. The van der Waals surface area contributed by atoms with Crippen molar-refractivity contribution in [1.29, 1.82) is 0 Å². The second-order valence-electron chi connectivity index (χ2n) is 6.92. The molecule has 0 saturated heterocycles. The van der Waals surface area contributed by atoms with Crippen LogP contribution >= 0.6 is 0 Å². The molecule has 1 N–H and O–H groups in total. The number of aromatic nitrogens is 2. The minimum atomic E-state index is -0.676. The quantitative estimate of drug-likeness (QED) is 0.569. The number of para-hydroxylation sites is 1. The summed E-state index contributed by atoms with van der Waals surface area (Å²) in [5.74, 6) is -0.886. The van der Waals surface area contributed by atoms with E-state index in [1.54, 1.807) is 30.3 Å². The van der Waals surface area contributed by atoms with Gasteiger partial charge in [0.05, 0.1) is 16.6 Å². The Morgan fingerprint density at radius 1 is 0.967 bits per heavy atom. The SMILES string of the molecule is Cc1cccc(NC(=O)Cn2c(=O)n(-c3ccc(F)cc3)c(=O)c3ccccc32)c1. The molecule has 0 aliphatic rings. The molecule has 0 aliphatic heterocycles. The van der Waals surface area contributed by atoms with Gasteiger partial charge in [-0.1, -0.05) is 24.3 Å². The fourth-order valence-electron chi connectivity index (χ4n) is 3.36. The number of benzene rings is 3. The predicted octanol–water partition coefficient (Wildman–Crippen LogP) is 3.24. The van der Waals surface area contributed by atoms with Gasteiger partial charge in [-0.2, -0.15) is 0 Å². The number of halogens is 1. The zero-order valence-electron chi connectivity index (χ0n) is 16.1. The summed E-state index contributed by atoms with van der Waals surface area (Å²) in [5.41, 5.74) is 0.974. The van der Waals surface area contributed by atoms with Crippen LogP contribution in [0.3, 0.4) is 0 Å². The minimum absolute atomic E-state index is 0.227. The lowest BCUT2D eigenvalue weighted by Crippen LogP contribution is -2.40.